The van der Waals surface area contributed by atoms with Gasteiger partial charge in [0.1, 0.15) is 12.4 Å². The highest BCUT2D eigenvalue weighted by Gasteiger charge is 2.02. The van der Waals surface area contributed by atoms with Gasteiger partial charge in [0.2, 0.25) is 0 Å². The summed E-state index contributed by atoms with van der Waals surface area (Å²) in [6, 6.07) is 19.1. The Labute approximate surface area is 146 Å². The highest BCUT2D eigenvalue weighted by atomic mass is 16.5. The lowest BCUT2D eigenvalue weighted by Crippen LogP contribution is -2.19. The first-order chi connectivity index (χ1) is 11.7. The number of hydrogen-bond donors (Lipinski definition) is 0. The van der Waals surface area contributed by atoms with E-state index in [2.05, 4.69) is 86.6 Å². The Balaban J connectivity index is 2.08. The first kappa shape index (κ1) is 18.3. The van der Waals surface area contributed by atoms with Crippen LogP contribution in [-0.4, -0.2) is 32.1 Å². The topological polar surface area (TPSA) is 12.5 Å². The number of ether oxygens (including phenoxy) is 1. The van der Waals surface area contributed by atoms with Gasteiger partial charge in [0.15, 0.2) is 0 Å². The monoisotopic (exact) mass is 323 g/mol. The average molecular weight is 323 g/mol. The van der Waals surface area contributed by atoms with Crippen LogP contribution in [0.2, 0.25) is 0 Å². The lowest BCUT2D eigenvalue weighted by atomic mass is 9.98. The Bertz CT molecular complexity index is 614. The Hall–Kier alpha value is -2.06. The zero-order chi connectivity index (χ0) is 17.2. The summed E-state index contributed by atoms with van der Waals surface area (Å²) in [5.74, 6) is 0.934. The summed E-state index contributed by atoms with van der Waals surface area (Å²) in [4.78, 5) is 2.12. The fourth-order valence-electron chi connectivity index (χ4n) is 2.53. The molecule has 0 bridgehead atoms. The summed E-state index contributed by atoms with van der Waals surface area (Å²) in [6.45, 7) is 3.88. The molecule has 0 aliphatic carbocycles. The molecule has 0 atom stereocenters. The van der Waals surface area contributed by atoms with E-state index in [0.29, 0.717) is 6.61 Å². The van der Waals surface area contributed by atoms with E-state index in [-0.39, 0.29) is 0 Å². The van der Waals surface area contributed by atoms with Crippen molar-refractivity contribution in [3.63, 3.8) is 0 Å². The molecule has 0 saturated heterocycles. The normalized spacial score (nSPS) is 11.8. The molecular weight excluding hydrogens is 294 g/mol. The fourth-order valence-corrected chi connectivity index (χ4v) is 2.53. The van der Waals surface area contributed by atoms with E-state index in [0.717, 1.165) is 18.7 Å². The summed E-state index contributed by atoms with van der Waals surface area (Å²) >= 11 is 0. The van der Waals surface area contributed by atoms with E-state index in [1.807, 2.05) is 0 Å². The van der Waals surface area contributed by atoms with E-state index < -0.39 is 0 Å². The third kappa shape index (κ3) is 6.21. The Kier molecular flexibility index (Phi) is 7.57. The maximum Gasteiger partial charge on any atom is 0.119 e. The van der Waals surface area contributed by atoms with Crippen LogP contribution in [0.25, 0.3) is 11.6 Å². The fraction of sp³-hybridized carbons (Fsp3) is 0.364. The van der Waals surface area contributed by atoms with Gasteiger partial charge in [0, 0.05) is 6.54 Å². The standard InChI is InChI=1S/C22H29NO/c1-4-5-9-21(20-10-7-6-8-11-20)18-19-12-14-22(15-13-19)24-17-16-23(2)3/h6-8,10-15,18H,4-5,9,16-17H2,1-3H3/b21-18-. The molecule has 0 radical (unpaired) electrons. The third-order valence-electron chi connectivity index (χ3n) is 3.97. The average Bonchev–Trinajstić information content (AvgIpc) is 2.60. The van der Waals surface area contributed by atoms with Gasteiger partial charge in [-0.25, -0.2) is 0 Å². The van der Waals surface area contributed by atoms with Crippen molar-refractivity contribution in [1.29, 1.82) is 0 Å². The quantitative estimate of drug-likeness (QED) is 0.576. The summed E-state index contributed by atoms with van der Waals surface area (Å²) in [7, 11) is 4.11. The summed E-state index contributed by atoms with van der Waals surface area (Å²) in [5, 5.41) is 0. The molecule has 128 valence electrons. The van der Waals surface area contributed by atoms with Gasteiger partial charge in [0.25, 0.3) is 0 Å². The number of hydrogen-bond acceptors (Lipinski definition) is 2. The van der Waals surface area contributed by atoms with Gasteiger partial charge in [-0.2, -0.15) is 0 Å². The molecule has 0 unspecified atom stereocenters. The second-order valence-corrected chi connectivity index (χ2v) is 6.36. The first-order valence-corrected chi connectivity index (χ1v) is 8.82. The summed E-state index contributed by atoms with van der Waals surface area (Å²) in [6.07, 6.45) is 5.84. The van der Waals surface area contributed by atoms with Crippen molar-refractivity contribution in [2.24, 2.45) is 0 Å². The van der Waals surface area contributed by atoms with Crippen molar-refractivity contribution in [3.05, 3.63) is 65.7 Å². The van der Waals surface area contributed by atoms with Gasteiger partial charge in [-0.05, 0) is 55.8 Å². The number of nitrogens with zero attached hydrogens (tertiary/aromatic N) is 1. The van der Waals surface area contributed by atoms with Crippen LogP contribution >= 0.6 is 0 Å². The molecular formula is C22H29NO. The molecule has 0 saturated carbocycles. The maximum absolute atomic E-state index is 5.76. The molecule has 0 heterocycles. The summed E-state index contributed by atoms with van der Waals surface area (Å²) in [5.41, 5.74) is 3.95. The molecule has 0 fully saturated rings. The van der Waals surface area contributed by atoms with Crippen molar-refractivity contribution >= 4 is 11.6 Å². The Morgan fingerprint density at radius 1 is 1.00 bits per heavy atom. The van der Waals surface area contributed by atoms with Crippen molar-refractivity contribution in [1.82, 2.24) is 4.90 Å². The van der Waals surface area contributed by atoms with Gasteiger partial charge in [-0.1, -0.05) is 61.9 Å². The predicted molar refractivity (Wildman–Crippen MR) is 104 cm³/mol. The lowest BCUT2D eigenvalue weighted by Gasteiger charge is -2.11. The molecule has 0 spiro atoms. The second-order valence-electron chi connectivity index (χ2n) is 6.36. The Morgan fingerprint density at radius 3 is 2.33 bits per heavy atom. The zero-order valence-corrected chi connectivity index (χ0v) is 15.2. The molecule has 2 heteroatoms. The van der Waals surface area contributed by atoms with E-state index >= 15 is 0 Å². The third-order valence-corrected chi connectivity index (χ3v) is 3.97. The van der Waals surface area contributed by atoms with Crippen LogP contribution in [0.1, 0.15) is 37.3 Å². The van der Waals surface area contributed by atoms with Crippen molar-refractivity contribution in [3.8, 4) is 5.75 Å². The minimum Gasteiger partial charge on any atom is -0.492 e. The highest BCUT2D eigenvalue weighted by Crippen LogP contribution is 2.24. The number of unbranched alkanes of at least 4 members (excludes halogenated alkanes) is 1. The second kappa shape index (κ2) is 9.94. The summed E-state index contributed by atoms with van der Waals surface area (Å²) < 4.78 is 5.76. The van der Waals surface area contributed by atoms with Crippen LogP contribution in [0.4, 0.5) is 0 Å². The molecule has 2 nitrogen and oxygen atoms in total. The van der Waals surface area contributed by atoms with Crippen molar-refractivity contribution in [2.75, 3.05) is 27.2 Å². The minimum atomic E-state index is 0.716. The van der Waals surface area contributed by atoms with Gasteiger partial charge < -0.3 is 9.64 Å². The molecule has 0 aliphatic rings. The van der Waals surface area contributed by atoms with Crippen LogP contribution in [0, 0.1) is 0 Å². The van der Waals surface area contributed by atoms with E-state index in [4.69, 9.17) is 4.74 Å². The highest BCUT2D eigenvalue weighted by molar-refractivity contribution is 5.81. The number of benzene rings is 2. The van der Waals surface area contributed by atoms with E-state index in [1.54, 1.807) is 0 Å². The van der Waals surface area contributed by atoms with Gasteiger partial charge in [-0.3, -0.25) is 0 Å². The first-order valence-electron chi connectivity index (χ1n) is 8.82. The molecule has 0 N–H and O–H groups in total. The van der Waals surface area contributed by atoms with E-state index in [1.165, 1.54) is 29.5 Å². The molecule has 2 aromatic rings. The van der Waals surface area contributed by atoms with Crippen LogP contribution < -0.4 is 4.74 Å². The van der Waals surface area contributed by atoms with E-state index in [9.17, 15) is 0 Å². The smallest absolute Gasteiger partial charge is 0.119 e. The molecule has 2 aromatic carbocycles. The SMILES string of the molecule is CCCC/C(=C/c1ccc(OCCN(C)C)cc1)c1ccccc1. The largest absolute Gasteiger partial charge is 0.492 e. The van der Waals surface area contributed by atoms with Gasteiger partial charge in [-0.15, -0.1) is 0 Å². The lowest BCUT2D eigenvalue weighted by molar-refractivity contribution is 0.261. The van der Waals surface area contributed by atoms with Gasteiger partial charge in [0.05, 0.1) is 0 Å². The minimum absolute atomic E-state index is 0.716. The Morgan fingerprint density at radius 2 is 1.71 bits per heavy atom. The van der Waals surface area contributed by atoms with Crippen molar-refractivity contribution < 1.29 is 4.74 Å². The maximum atomic E-state index is 5.76. The number of allylic oxidation sites excluding steroid dienone is 1. The zero-order valence-electron chi connectivity index (χ0n) is 15.2. The van der Waals surface area contributed by atoms with Gasteiger partial charge >= 0.3 is 0 Å². The molecule has 24 heavy (non-hydrogen) atoms. The molecule has 2 rings (SSSR count). The predicted octanol–water partition coefficient (Wildman–Crippen LogP) is 5.36. The number of likely N-dealkylation sites (N-methyl/N-ethyl adjacent to an activating group) is 1. The van der Waals surface area contributed by atoms with Crippen molar-refractivity contribution in [2.45, 2.75) is 26.2 Å². The molecule has 0 amide bonds. The van der Waals surface area contributed by atoms with Crippen LogP contribution in [-0.2, 0) is 0 Å². The van der Waals surface area contributed by atoms with Crippen LogP contribution in [0.15, 0.2) is 54.6 Å². The number of rotatable bonds is 9. The molecule has 0 aliphatic heterocycles. The van der Waals surface area contributed by atoms with Crippen LogP contribution in [0.3, 0.4) is 0 Å². The van der Waals surface area contributed by atoms with Crippen LogP contribution in [0.5, 0.6) is 5.75 Å². The molecule has 0 aromatic heterocycles.